The molecule has 1 fully saturated rings. The molecular formula is C21H30N6O. The molecule has 2 heterocycles. The zero-order valence-corrected chi connectivity index (χ0v) is 16.6. The Labute approximate surface area is 166 Å². The Morgan fingerprint density at radius 1 is 1.36 bits per heavy atom. The maximum atomic E-state index is 11.3. The third-order valence-corrected chi connectivity index (χ3v) is 4.96. The molecular weight excluding hydrogens is 352 g/mol. The fourth-order valence-electron chi connectivity index (χ4n) is 3.64. The zero-order valence-electron chi connectivity index (χ0n) is 16.6. The van der Waals surface area contributed by atoms with Crippen molar-refractivity contribution in [2.75, 3.05) is 26.2 Å². The SMILES string of the molecule is CCNC(=NCCc1cnn(-c2ccccc2)c1)N1CCCC(CC(N)=O)C1. The summed E-state index contributed by atoms with van der Waals surface area (Å²) in [5.74, 6) is 1.02. The van der Waals surface area contributed by atoms with Crippen molar-refractivity contribution < 1.29 is 4.79 Å². The molecule has 2 aromatic rings. The normalized spacial score (nSPS) is 17.5. The van der Waals surface area contributed by atoms with Crippen LogP contribution in [0.15, 0.2) is 47.7 Å². The minimum Gasteiger partial charge on any atom is -0.370 e. The van der Waals surface area contributed by atoms with E-state index in [0.29, 0.717) is 18.9 Å². The molecule has 1 aromatic carbocycles. The molecule has 0 spiro atoms. The minimum absolute atomic E-state index is 0.218. The Hall–Kier alpha value is -2.83. The van der Waals surface area contributed by atoms with Crippen LogP contribution in [0.2, 0.25) is 0 Å². The van der Waals surface area contributed by atoms with Gasteiger partial charge in [-0.3, -0.25) is 9.79 Å². The van der Waals surface area contributed by atoms with Gasteiger partial charge in [-0.05, 0) is 49.8 Å². The van der Waals surface area contributed by atoms with Crippen LogP contribution in [0.4, 0.5) is 0 Å². The van der Waals surface area contributed by atoms with Gasteiger partial charge in [0.15, 0.2) is 5.96 Å². The summed E-state index contributed by atoms with van der Waals surface area (Å²) < 4.78 is 1.89. The number of carbonyl (C=O) groups is 1. The molecule has 3 rings (SSSR count). The topological polar surface area (TPSA) is 88.5 Å². The van der Waals surface area contributed by atoms with E-state index >= 15 is 0 Å². The van der Waals surface area contributed by atoms with E-state index in [0.717, 1.165) is 56.1 Å². The summed E-state index contributed by atoms with van der Waals surface area (Å²) in [5.41, 5.74) is 7.60. The predicted molar refractivity (Wildman–Crippen MR) is 111 cm³/mol. The number of nitrogens with two attached hydrogens (primary N) is 1. The molecule has 1 atom stereocenters. The van der Waals surface area contributed by atoms with Crippen LogP contribution in [0.5, 0.6) is 0 Å². The number of nitrogens with one attached hydrogen (secondary N) is 1. The number of piperidine rings is 1. The molecule has 1 unspecified atom stereocenters. The Bertz CT molecular complexity index is 785. The number of carbonyl (C=O) groups excluding carboxylic acids is 1. The van der Waals surface area contributed by atoms with E-state index in [9.17, 15) is 4.79 Å². The Kier molecular flexibility index (Phi) is 7.06. The zero-order chi connectivity index (χ0) is 19.8. The highest BCUT2D eigenvalue weighted by atomic mass is 16.1. The van der Waals surface area contributed by atoms with Crippen LogP contribution in [-0.4, -0.2) is 52.7 Å². The quantitative estimate of drug-likeness (QED) is 0.566. The highest BCUT2D eigenvalue weighted by Crippen LogP contribution is 2.19. The number of guanidine groups is 1. The largest absolute Gasteiger partial charge is 0.370 e. The Morgan fingerprint density at radius 3 is 2.93 bits per heavy atom. The van der Waals surface area contributed by atoms with Crippen LogP contribution in [0.25, 0.3) is 5.69 Å². The van der Waals surface area contributed by atoms with Gasteiger partial charge in [-0.25, -0.2) is 4.68 Å². The van der Waals surface area contributed by atoms with Crippen LogP contribution in [-0.2, 0) is 11.2 Å². The minimum atomic E-state index is -0.218. The first kappa shape index (κ1) is 19.9. The lowest BCUT2D eigenvalue weighted by Gasteiger charge is -2.34. The lowest BCUT2D eigenvalue weighted by Crippen LogP contribution is -2.47. The number of nitrogens with zero attached hydrogens (tertiary/aromatic N) is 4. The van der Waals surface area contributed by atoms with E-state index in [1.165, 1.54) is 0 Å². The van der Waals surface area contributed by atoms with Gasteiger partial charge in [-0.1, -0.05) is 18.2 Å². The van der Waals surface area contributed by atoms with Crippen LogP contribution in [0.3, 0.4) is 0 Å². The van der Waals surface area contributed by atoms with Crippen molar-refractivity contribution in [3.05, 3.63) is 48.3 Å². The molecule has 0 radical (unpaired) electrons. The number of aliphatic imine (C=N–C) groups is 1. The fourth-order valence-corrected chi connectivity index (χ4v) is 3.64. The second-order valence-corrected chi connectivity index (χ2v) is 7.24. The number of rotatable bonds is 7. The van der Waals surface area contributed by atoms with Gasteiger partial charge in [-0.15, -0.1) is 0 Å². The maximum absolute atomic E-state index is 11.3. The number of hydrogen-bond acceptors (Lipinski definition) is 3. The highest BCUT2D eigenvalue weighted by Gasteiger charge is 2.23. The first-order chi connectivity index (χ1) is 13.7. The van der Waals surface area contributed by atoms with Crippen LogP contribution in [0, 0.1) is 5.92 Å². The van der Waals surface area contributed by atoms with Crippen LogP contribution >= 0.6 is 0 Å². The summed E-state index contributed by atoms with van der Waals surface area (Å²) in [6.45, 7) is 5.39. The first-order valence-corrected chi connectivity index (χ1v) is 10.1. The smallest absolute Gasteiger partial charge is 0.217 e. The van der Waals surface area contributed by atoms with Crippen molar-refractivity contribution in [3.8, 4) is 5.69 Å². The van der Waals surface area contributed by atoms with Gasteiger partial charge in [-0.2, -0.15) is 5.10 Å². The van der Waals surface area contributed by atoms with E-state index in [-0.39, 0.29) is 5.91 Å². The third kappa shape index (κ3) is 5.58. The van der Waals surface area contributed by atoms with E-state index in [4.69, 9.17) is 10.7 Å². The molecule has 3 N–H and O–H groups in total. The standard InChI is InChI=1S/C21H30N6O/c1-2-23-21(26-12-6-7-17(15-26)13-20(22)28)24-11-10-18-14-25-27(16-18)19-8-4-3-5-9-19/h3-5,8-9,14,16-17H,2,6-7,10-13,15H2,1H3,(H2,22,28)(H,23,24). The van der Waals surface area contributed by atoms with E-state index in [1.807, 2.05) is 41.2 Å². The van der Waals surface area contributed by atoms with Crippen molar-refractivity contribution >= 4 is 11.9 Å². The number of likely N-dealkylation sites (tertiary alicyclic amines) is 1. The number of hydrogen-bond donors (Lipinski definition) is 2. The van der Waals surface area contributed by atoms with E-state index in [1.54, 1.807) is 0 Å². The third-order valence-electron chi connectivity index (χ3n) is 4.96. The first-order valence-electron chi connectivity index (χ1n) is 10.1. The van der Waals surface area contributed by atoms with Gasteiger partial charge in [0.1, 0.15) is 0 Å². The van der Waals surface area contributed by atoms with Crippen LogP contribution < -0.4 is 11.1 Å². The van der Waals surface area contributed by atoms with Crippen molar-refractivity contribution in [1.29, 1.82) is 0 Å². The molecule has 1 aromatic heterocycles. The Morgan fingerprint density at radius 2 is 2.18 bits per heavy atom. The molecule has 28 heavy (non-hydrogen) atoms. The number of amides is 1. The lowest BCUT2D eigenvalue weighted by molar-refractivity contribution is -0.119. The van der Waals surface area contributed by atoms with Gasteiger partial charge in [0.25, 0.3) is 0 Å². The molecule has 150 valence electrons. The summed E-state index contributed by atoms with van der Waals surface area (Å²) in [6.07, 6.45) is 7.36. The number of aromatic nitrogens is 2. The van der Waals surface area contributed by atoms with Crippen molar-refractivity contribution in [3.63, 3.8) is 0 Å². The monoisotopic (exact) mass is 382 g/mol. The summed E-state index contributed by atoms with van der Waals surface area (Å²) in [7, 11) is 0. The lowest BCUT2D eigenvalue weighted by atomic mass is 9.95. The van der Waals surface area contributed by atoms with Gasteiger partial charge in [0.05, 0.1) is 11.9 Å². The van der Waals surface area contributed by atoms with Gasteiger partial charge < -0.3 is 16.0 Å². The summed E-state index contributed by atoms with van der Waals surface area (Å²) in [5, 5.41) is 7.83. The summed E-state index contributed by atoms with van der Waals surface area (Å²) in [6, 6.07) is 10.1. The van der Waals surface area contributed by atoms with E-state index in [2.05, 4.69) is 28.4 Å². The Balaban J connectivity index is 1.59. The summed E-state index contributed by atoms with van der Waals surface area (Å²) >= 11 is 0. The molecule has 1 aliphatic heterocycles. The van der Waals surface area contributed by atoms with Crippen molar-refractivity contribution in [2.24, 2.45) is 16.6 Å². The molecule has 0 aliphatic carbocycles. The molecule has 1 amide bonds. The average Bonchev–Trinajstić information content (AvgIpc) is 3.17. The fraction of sp³-hybridized carbons (Fsp3) is 0.476. The van der Waals surface area contributed by atoms with E-state index < -0.39 is 0 Å². The molecule has 7 nitrogen and oxygen atoms in total. The van der Waals surface area contributed by atoms with Gasteiger partial charge in [0, 0.05) is 38.8 Å². The molecule has 1 aliphatic rings. The van der Waals surface area contributed by atoms with Crippen molar-refractivity contribution in [2.45, 2.75) is 32.6 Å². The predicted octanol–water partition coefficient (Wildman–Crippen LogP) is 1.97. The van der Waals surface area contributed by atoms with Crippen LogP contribution in [0.1, 0.15) is 31.7 Å². The molecule has 7 heteroatoms. The van der Waals surface area contributed by atoms with Gasteiger partial charge >= 0.3 is 0 Å². The summed E-state index contributed by atoms with van der Waals surface area (Å²) in [4.78, 5) is 18.3. The number of benzene rings is 1. The maximum Gasteiger partial charge on any atom is 0.217 e. The number of primary amides is 1. The molecule has 1 saturated heterocycles. The second-order valence-electron chi connectivity index (χ2n) is 7.24. The highest BCUT2D eigenvalue weighted by molar-refractivity contribution is 5.80. The molecule has 0 saturated carbocycles. The molecule has 0 bridgehead atoms. The second kappa shape index (κ2) is 9.92. The van der Waals surface area contributed by atoms with Gasteiger partial charge in [0.2, 0.25) is 5.91 Å². The number of para-hydroxylation sites is 1. The van der Waals surface area contributed by atoms with Crippen molar-refractivity contribution in [1.82, 2.24) is 20.0 Å². The average molecular weight is 383 g/mol.